The largest absolute Gasteiger partial charge is 0.497 e. The Bertz CT molecular complexity index is 1230. The molecule has 1 amide bonds. The quantitative estimate of drug-likeness (QED) is 0.555. The maximum Gasteiger partial charge on any atom is 0.333 e. The van der Waals surface area contributed by atoms with E-state index in [1.165, 1.54) is 17.8 Å². The first kappa shape index (κ1) is 26.5. The van der Waals surface area contributed by atoms with Crippen LogP contribution in [0.4, 0.5) is 0 Å². The molecule has 1 aromatic heterocycles. The van der Waals surface area contributed by atoms with Crippen molar-refractivity contribution in [3.05, 3.63) is 43.3 Å². The Labute approximate surface area is 209 Å². The van der Waals surface area contributed by atoms with Crippen LogP contribution in [-0.4, -0.2) is 43.3 Å². The number of hydrogen-bond donors (Lipinski definition) is 1. The van der Waals surface area contributed by atoms with Gasteiger partial charge in [-0.1, -0.05) is 26.7 Å². The molecule has 0 unspecified atom stereocenters. The number of thiazole rings is 1. The predicted octanol–water partition coefficient (Wildman–Crippen LogP) is 2.04. The second kappa shape index (κ2) is 12.1. The van der Waals surface area contributed by atoms with Gasteiger partial charge in [-0.25, -0.2) is 4.79 Å². The number of ether oxygens (including phenoxy) is 3. The van der Waals surface area contributed by atoms with Gasteiger partial charge in [0.25, 0.3) is 5.56 Å². The van der Waals surface area contributed by atoms with Crippen LogP contribution in [0.5, 0.6) is 11.5 Å². The molecule has 0 bridgehead atoms. The number of rotatable bonds is 8. The summed E-state index contributed by atoms with van der Waals surface area (Å²) in [7, 11) is 3.10. The van der Waals surface area contributed by atoms with Crippen LogP contribution in [0.1, 0.15) is 45.6 Å². The van der Waals surface area contributed by atoms with Crippen LogP contribution >= 0.6 is 11.3 Å². The molecule has 1 aliphatic rings. The maximum absolute atomic E-state index is 13.3. The lowest BCUT2D eigenvalue weighted by Crippen LogP contribution is -2.46. The summed E-state index contributed by atoms with van der Waals surface area (Å²) in [5, 5.41) is 3.10. The fourth-order valence-corrected chi connectivity index (χ4v) is 5.36. The van der Waals surface area contributed by atoms with Crippen LogP contribution in [0, 0.1) is 11.8 Å². The Morgan fingerprint density at radius 2 is 1.97 bits per heavy atom. The molecule has 190 valence electrons. The first-order chi connectivity index (χ1) is 16.8. The molecule has 1 heterocycles. The van der Waals surface area contributed by atoms with Crippen molar-refractivity contribution in [3.8, 4) is 11.5 Å². The fourth-order valence-electron chi connectivity index (χ4n) is 4.34. The van der Waals surface area contributed by atoms with E-state index in [2.05, 4.69) is 19.2 Å². The molecule has 3 atom stereocenters. The number of carbonyl (C=O) groups is 2. The van der Waals surface area contributed by atoms with Crippen LogP contribution in [-0.2, 0) is 20.9 Å². The molecule has 1 saturated carbocycles. The lowest BCUT2D eigenvalue weighted by Gasteiger charge is -2.34. The van der Waals surface area contributed by atoms with E-state index >= 15 is 0 Å². The van der Waals surface area contributed by atoms with Crippen LogP contribution in [0.25, 0.3) is 12.2 Å². The Morgan fingerprint density at radius 1 is 1.20 bits per heavy atom. The zero-order valence-corrected chi connectivity index (χ0v) is 21.8. The van der Waals surface area contributed by atoms with Crippen molar-refractivity contribution >= 4 is 35.4 Å². The van der Waals surface area contributed by atoms with Crippen molar-refractivity contribution in [1.29, 1.82) is 0 Å². The molecule has 0 aliphatic heterocycles. The Balaban J connectivity index is 1.99. The topological polar surface area (TPSA) is 95.9 Å². The van der Waals surface area contributed by atoms with Crippen LogP contribution in [0.15, 0.2) is 23.0 Å². The molecule has 1 aliphatic carbocycles. The SMILES string of the molecule is CCOC(=O)/C=c1\s/c(=C\c2ccc(OC)cc2OC)c(=O)n1CC(=O)N[C@H]1CCC[C@H](C)[C@@H]1C. The van der Waals surface area contributed by atoms with Gasteiger partial charge in [0, 0.05) is 17.7 Å². The number of benzene rings is 1. The van der Waals surface area contributed by atoms with E-state index < -0.39 is 5.97 Å². The number of nitrogens with one attached hydrogen (secondary N) is 1. The molecule has 1 aromatic carbocycles. The first-order valence-corrected chi connectivity index (χ1v) is 12.7. The Kier molecular flexibility index (Phi) is 9.14. The highest BCUT2D eigenvalue weighted by Gasteiger charge is 2.28. The van der Waals surface area contributed by atoms with E-state index in [1.54, 1.807) is 38.3 Å². The molecule has 1 fully saturated rings. The molecule has 1 N–H and O–H groups in total. The van der Waals surface area contributed by atoms with Crippen molar-refractivity contribution in [2.24, 2.45) is 11.8 Å². The number of carbonyl (C=O) groups excluding carboxylic acids is 2. The second-order valence-electron chi connectivity index (χ2n) is 8.79. The van der Waals surface area contributed by atoms with Gasteiger partial charge < -0.3 is 19.5 Å². The van der Waals surface area contributed by atoms with Gasteiger partial charge in [0.15, 0.2) is 0 Å². The summed E-state index contributed by atoms with van der Waals surface area (Å²) in [6, 6.07) is 5.36. The molecule has 0 saturated heterocycles. The van der Waals surface area contributed by atoms with Gasteiger partial charge in [0.1, 0.15) is 22.7 Å². The molecule has 2 aromatic rings. The zero-order chi connectivity index (χ0) is 25.5. The molecule has 8 nitrogen and oxygen atoms in total. The van der Waals surface area contributed by atoms with Crippen molar-refractivity contribution in [3.63, 3.8) is 0 Å². The lowest BCUT2D eigenvalue weighted by atomic mass is 9.78. The smallest absolute Gasteiger partial charge is 0.333 e. The van der Waals surface area contributed by atoms with Gasteiger partial charge in [-0.15, -0.1) is 11.3 Å². The predicted molar refractivity (Wildman–Crippen MR) is 136 cm³/mol. The monoisotopic (exact) mass is 502 g/mol. The summed E-state index contributed by atoms with van der Waals surface area (Å²) in [4.78, 5) is 38.4. The summed E-state index contributed by atoms with van der Waals surface area (Å²) in [5.74, 6) is 1.25. The Hall–Kier alpha value is -3.07. The highest BCUT2D eigenvalue weighted by Crippen LogP contribution is 2.29. The highest BCUT2D eigenvalue weighted by molar-refractivity contribution is 7.07. The van der Waals surface area contributed by atoms with Crippen LogP contribution in [0.2, 0.25) is 0 Å². The number of methoxy groups -OCH3 is 2. The summed E-state index contributed by atoms with van der Waals surface area (Å²) in [6.07, 6.45) is 6.10. The molecular weight excluding hydrogens is 468 g/mol. The third kappa shape index (κ3) is 6.54. The van der Waals surface area contributed by atoms with Crippen molar-refractivity contribution < 1.29 is 23.8 Å². The van der Waals surface area contributed by atoms with Gasteiger partial charge in [0.05, 0.1) is 31.4 Å². The minimum Gasteiger partial charge on any atom is -0.497 e. The summed E-state index contributed by atoms with van der Waals surface area (Å²) >= 11 is 1.13. The molecule has 35 heavy (non-hydrogen) atoms. The summed E-state index contributed by atoms with van der Waals surface area (Å²) in [5.41, 5.74) is 0.319. The average molecular weight is 503 g/mol. The molecule has 3 rings (SSSR count). The van der Waals surface area contributed by atoms with E-state index in [1.807, 2.05) is 0 Å². The fraction of sp³-hybridized carbons (Fsp3) is 0.500. The minimum absolute atomic E-state index is 0.0765. The van der Waals surface area contributed by atoms with Crippen molar-refractivity contribution in [2.45, 2.75) is 52.6 Å². The lowest BCUT2D eigenvalue weighted by molar-refractivity contribution is -0.135. The number of nitrogens with zero attached hydrogens (tertiary/aromatic N) is 1. The zero-order valence-electron chi connectivity index (χ0n) is 21.0. The van der Waals surface area contributed by atoms with E-state index in [0.717, 1.165) is 30.6 Å². The number of esters is 1. The van der Waals surface area contributed by atoms with E-state index in [0.29, 0.717) is 38.1 Å². The van der Waals surface area contributed by atoms with E-state index in [4.69, 9.17) is 14.2 Å². The second-order valence-corrected chi connectivity index (χ2v) is 9.85. The van der Waals surface area contributed by atoms with Gasteiger partial charge in [-0.05, 0) is 43.4 Å². The number of hydrogen-bond acceptors (Lipinski definition) is 7. The highest BCUT2D eigenvalue weighted by atomic mass is 32.1. The van der Waals surface area contributed by atoms with Gasteiger partial charge >= 0.3 is 5.97 Å². The number of amides is 1. The molecular formula is C26H34N2O6S. The van der Waals surface area contributed by atoms with Crippen molar-refractivity contribution in [2.75, 3.05) is 20.8 Å². The van der Waals surface area contributed by atoms with E-state index in [9.17, 15) is 14.4 Å². The first-order valence-electron chi connectivity index (χ1n) is 11.9. The summed E-state index contributed by atoms with van der Waals surface area (Å²) in [6.45, 7) is 6.11. The van der Waals surface area contributed by atoms with Crippen molar-refractivity contribution in [1.82, 2.24) is 9.88 Å². The van der Waals surface area contributed by atoms with Gasteiger partial charge in [0.2, 0.25) is 5.91 Å². The normalized spacial score (nSPS) is 21.0. The van der Waals surface area contributed by atoms with Crippen LogP contribution < -0.4 is 29.5 Å². The Morgan fingerprint density at radius 3 is 2.66 bits per heavy atom. The van der Waals surface area contributed by atoms with E-state index in [-0.39, 0.29) is 30.7 Å². The molecule has 9 heteroatoms. The van der Waals surface area contributed by atoms with Gasteiger partial charge in [-0.2, -0.15) is 0 Å². The minimum atomic E-state index is -0.564. The van der Waals surface area contributed by atoms with Gasteiger partial charge in [-0.3, -0.25) is 14.2 Å². The summed E-state index contributed by atoms with van der Waals surface area (Å²) < 4.78 is 17.8. The third-order valence-electron chi connectivity index (χ3n) is 6.55. The maximum atomic E-state index is 13.3. The average Bonchev–Trinajstić information content (AvgIpc) is 3.11. The number of aromatic nitrogens is 1. The molecule has 0 spiro atoms. The third-order valence-corrected chi connectivity index (χ3v) is 7.61. The molecule has 0 radical (unpaired) electrons. The standard InChI is InChI=1S/C26H34N2O6S/c1-6-34-25(30)14-24-28(15-23(29)27-20-9-7-8-16(2)17(20)3)26(31)22(35-24)12-18-10-11-19(32-4)13-21(18)33-5/h10-14,16-17,20H,6-9,15H2,1-5H3,(H,27,29)/b22-12-,24-14-/t16-,17-,20-/m0/s1. The van der Waals surface area contributed by atoms with Crippen LogP contribution in [0.3, 0.4) is 0 Å².